The molecule has 0 spiro atoms. The van der Waals surface area contributed by atoms with Crippen LogP contribution >= 0.6 is 23.4 Å². The summed E-state index contributed by atoms with van der Waals surface area (Å²) in [6.45, 7) is 9.30. The zero-order valence-electron chi connectivity index (χ0n) is 12.2. The second-order valence-corrected chi connectivity index (χ2v) is 6.61. The third-order valence-electron chi connectivity index (χ3n) is 2.90. The molecule has 0 aliphatic carbocycles. The van der Waals surface area contributed by atoms with Gasteiger partial charge in [-0.3, -0.25) is 16.0 Å². The minimum atomic E-state index is 0.225. The minimum Gasteiger partial charge on any atom is -0.271 e. The number of nitrogens with two attached hydrogens (primary N) is 1. The molecule has 0 saturated heterocycles. The summed E-state index contributed by atoms with van der Waals surface area (Å²) in [4.78, 5) is 0. The molecular weight excluding hydrogens is 280 g/mol. The van der Waals surface area contributed by atoms with Crippen molar-refractivity contribution in [3.8, 4) is 0 Å². The lowest BCUT2D eigenvalue weighted by molar-refractivity contribution is 0.534. The zero-order valence-corrected chi connectivity index (χ0v) is 13.8. The van der Waals surface area contributed by atoms with E-state index in [9.17, 15) is 0 Å². The van der Waals surface area contributed by atoms with Gasteiger partial charge >= 0.3 is 0 Å². The summed E-state index contributed by atoms with van der Waals surface area (Å²) in [6, 6.07) is 0.225. The largest absolute Gasteiger partial charge is 0.271 e. The van der Waals surface area contributed by atoms with Gasteiger partial charge in [0.15, 0.2) is 0 Å². The van der Waals surface area contributed by atoms with Gasteiger partial charge in [0.1, 0.15) is 0 Å². The Hall–Kier alpha value is -0.230. The van der Waals surface area contributed by atoms with Crippen molar-refractivity contribution in [3.05, 3.63) is 16.4 Å². The fourth-order valence-corrected chi connectivity index (χ4v) is 3.23. The van der Waals surface area contributed by atoms with Crippen LogP contribution in [0.5, 0.6) is 0 Å². The number of hydrogen-bond acceptors (Lipinski definition) is 4. The van der Waals surface area contributed by atoms with E-state index in [1.807, 2.05) is 23.4 Å². The molecule has 4 nitrogen and oxygen atoms in total. The molecule has 3 N–H and O–H groups in total. The minimum absolute atomic E-state index is 0.225. The van der Waals surface area contributed by atoms with Gasteiger partial charge in [0.2, 0.25) is 0 Å². The first-order chi connectivity index (χ1) is 8.99. The number of hydrogen-bond donors (Lipinski definition) is 2. The van der Waals surface area contributed by atoms with Crippen LogP contribution in [0.1, 0.15) is 32.2 Å². The second kappa shape index (κ2) is 8.15. The van der Waals surface area contributed by atoms with Crippen LogP contribution in [0.15, 0.2) is 0 Å². The predicted molar refractivity (Wildman–Crippen MR) is 84.6 cm³/mol. The van der Waals surface area contributed by atoms with E-state index in [0.717, 1.165) is 40.9 Å². The fourth-order valence-electron chi connectivity index (χ4n) is 1.91. The van der Waals surface area contributed by atoms with E-state index in [2.05, 4.69) is 31.3 Å². The van der Waals surface area contributed by atoms with Crippen LogP contribution in [-0.2, 0) is 13.0 Å². The van der Waals surface area contributed by atoms with E-state index >= 15 is 0 Å². The molecule has 1 aromatic rings. The number of thioether (sulfide) groups is 1. The van der Waals surface area contributed by atoms with Gasteiger partial charge in [-0.15, -0.1) is 0 Å². The van der Waals surface area contributed by atoms with Crippen molar-refractivity contribution in [2.75, 3.05) is 11.5 Å². The lowest BCUT2D eigenvalue weighted by Crippen LogP contribution is -2.39. The Morgan fingerprint density at radius 1 is 1.42 bits per heavy atom. The van der Waals surface area contributed by atoms with Crippen molar-refractivity contribution in [3.63, 3.8) is 0 Å². The van der Waals surface area contributed by atoms with Gasteiger partial charge in [0.25, 0.3) is 0 Å². The maximum absolute atomic E-state index is 6.32. The Kier molecular flexibility index (Phi) is 7.21. The standard InChI is InChI=1S/C13H25ClN4S/c1-5-18-12(13(14)10(4)17-18)6-11(16-15)8-19-7-9(2)3/h9,11,16H,5-8,15H2,1-4H3. The Bertz CT molecular complexity index is 392. The third kappa shape index (κ3) is 4.99. The summed E-state index contributed by atoms with van der Waals surface area (Å²) in [5.41, 5.74) is 4.86. The first-order valence-corrected chi connectivity index (χ1v) is 8.28. The van der Waals surface area contributed by atoms with Gasteiger partial charge < -0.3 is 0 Å². The van der Waals surface area contributed by atoms with Gasteiger partial charge in [-0.2, -0.15) is 16.9 Å². The van der Waals surface area contributed by atoms with Crippen molar-refractivity contribution < 1.29 is 0 Å². The molecule has 0 saturated carbocycles. The molecule has 1 rings (SSSR count). The second-order valence-electron chi connectivity index (χ2n) is 5.16. The average molecular weight is 305 g/mol. The van der Waals surface area contributed by atoms with E-state index in [1.54, 1.807) is 0 Å². The molecule has 110 valence electrons. The molecular formula is C13H25ClN4S. The monoisotopic (exact) mass is 304 g/mol. The van der Waals surface area contributed by atoms with Crippen molar-refractivity contribution in [2.24, 2.45) is 11.8 Å². The van der Waals surface area contributed by atoms with Crippen LogP contribution in [0, 0.1) is 12.8 Å². The van der Waals surface area contributed by atoms with Crippen LogP contribution in [0.2, 0.25) is 5.02 Å². The highest BCUT2D eigenvalue weighted by atomic mass is 35.5. The van der Waals surface area contributed by atoms with Gasteiger partial charge in [-0.05, 0) is 25.5 Å². The smallest absolute Gasteiger partial charge is 0.0847 e. The van der Waals surface area contributed by atoms with Crippen LogP contribution in [0.25, 0.3) is 0 Å². The molecule has 0 bridgehead atoms. The summed E-state index contributed by atoms with van der Waals surface area (Å²) < 4.78 is 1.97. The number of nitrogens with one attached hydrogen (secondary N) is 1. The number of aryl methyl sites for hydroxylation is 2. The molecule has 0 fully saturated rings. The van der Waals surface area contributed by atoms with E-state index in [0.29, 0.717) is 5.92 Å². The molecule has 1 heterocycles. The highest BCUT2D eigenvalue weighted by Crippen LogP contribution is 2.22. The van der Waals surface area contributed by atoms with E-state index in [4.69, 9.17) is 17.4 Å². The molecule has 0 amide bonds. The van der Waals surface area contributed by atoms with Crippen molar-refractivity contribution >= 4 is 23.4 Å². The van der Waals surface area contributed by atoms with Crippen LogP contribution in [0.4, 0.5) is 0 Å². The maximum Gasteiger partial charge on any atom is 0.0847 e. The Morgan fingerprint density at radius 2 is 2.11 bits per heavy atom. The van der Waals surface area contributed by atoms with Crippen molar-refractivity contribution in [2.45, 2.75) is 46.7 Å². The van der Waals surface area contributed by atoms with Gasteiger partial charge in [-0.1, -0.05) is 25.4 Å². The zero-order chi connectivity index (χ0) is 14.4. The molecule has 0 aliphatic rings. The number of rotatable bonds is 8. The summed E-state index contributed by atoms with van der Waals surface area (Å²) in [7, 11) is 0. The summed E-state index contributed by atoms with van der Waals surface area (Å²) in [6.07, 6.45) is 0.815. The topological polar surface area (TPSA) is 55.9 Å². The van der Waals surface area contributed by atoms with Gasteiger partial charge in [-0.25, -0.2) is 0 Å². The van der Waals surface area contributed by atoms with Gasteiger partial charge in [0, 0.05) is 24.8 Å². The van der Waals surface area contributed by atoms with Crippen LogP contribution in [0.3, 0.4) is 0 Å². The molecule has 1 atom stereocenters. The Morgan fingerprint density at radius 3 is 2.63 bits per heavy atom. The third-order valence-corrected chi connectivity index (χ3v) is 4.93. The lowest BCUT2D eigenvalue weighted by Gasteiger charge is -2.17. The summed E-state index contributed by atoms with van der Waals surface area (Å²) in [5.74, 6) is 8.49. The molecule has 0 aromatic carbocycles. The van der Waals surface area contributed by atoms with Crippen molar-refractivity contribution in [1.82, 2.24) is 15.2 Å². The molecule has 6 heteroatoms. The number of nitrogens with zero attached hydrogens (tertiary/aromatic N) is 2. The highest BCUT2D eigenvalue weighted by molar-refractivity contribution is 7.99. The van der Waals surface area contributed by atoms with Crippen molar-refractivity contribution in [1.29, 1.82) is 0 Å². The quantitative estimate of drug-likeness (QED) is 0.572. The molecule has 0 aliphatic heterocycles. The fraction of sp³-hybridized carbons (Fsp3) is 0.769. The average Bonchev–Trinajstić information content (AvgIpc) is 2.64. The number of aromatic nitrogens is 2. The highest BCUT2D eigenvalue weighted by Gasteiger charge is 2.17. The number of halogens is 1. The Balaban J connectivity index is 2.65. The first-order valence-electron chi connectivity index (χ1n) is 6.75. The van der Waals surface area contributed by atoms with Crippen LogP contribution in [-0.4, -0.2) is 27.3 Å². The van der Waals surface area contributed by atoms with E-state index in [1.165, 1.54) is 0 Å². The van der Waals surface area contributed by atoms with Crippen LogP contribution < -0.4 is 11.3 Å². The maximum atomic E-state index is 6.32. The predicted octanol–water partition coefficient (Wildman–Crippen LogP) is 2.63. The number of hydrazine groups is 1. The first kappa shape index (κ1) is 16.8. The lowest BCUT2D eigenvalue weighted by atomic mass is 10.2. The molecule has 1 aromatic heterocycles. The molecule has 1 unspecified atom stereocenters. The van der Waals surface area contributed by atoms with Gasteiger partial charge in [0.05, 0.1) is 16.4 Å². The normalized spacial score (nSPS) is 13.2. The molecule has 19 heavy (non-hydrogen) atoms. The summed E-state index contributed by atoms with van der Waals surface area (Å²) >= 11 is 8.24. The molecule has 0 radical (unpaired) electrons. The summed E-state index contributed by atoms with van der Waals surface area (Å²) in [5, 5.41) is 5.21. The Labute approximate surface area is 125 Å². The SMILES string of the molecule is CCn1nc(C)c(Cl)c1CC(CSCC(C)C)NN. The van der Waals surface area contributed by atoms with E-state index in [-0.39, 0.29) is 6.04 Å². The van der Waals surface area contributed by atoms with E-state index < -0.39 is 0 Å².